The fourth-order valence-corrected chi connectivity index (χ4v) is 4.05. The lowest BCUT2D eigenvalue weighted by molar-refractivity contribution is -0.165. The number of rotatable bonds is 17. The minimum atomic E-state index is -1.63. The molecule has 0 spiro atoms. The van der Waals surface area contributed by atoms with Crippen LogP contribution in [0.3, 0.4) is 0 Å². The molecule has 0 fully saturated rings. The van der Waals surface area contributed by atoms with Crippen LogP contribution in [0.5, 0.6) is 0 Å². The quantitative estimate of drug-likeness (QED) is 0.0694. The van der Waals surface area contributed by atoms with Crippen molar-refractivity contribution < 1.29 is 47.9 Å². The van der Waals surface area contributed by atoms with Gasteiger partial charge in [-0.2, -0.15) is 0 Å². The molecule has 0 aromatic heterocycles. The summed E-state index contributed by atoms with van der Waals surface area (Å²) in [5.74, 6) is -7.17. The van der Waals surface area contributed by atoms with Gasteiger partial charge in [-0.3, -0.25) is 38.4 Å². The highest BCUT2D eigenvalue weighted by Crippen LogP contribution is 2.22. The number of nitrogens with one attached hydrogen (secondary N) is 7. The van der Waals surface area contributed by atoms with E-state index < -0.39 is 98.6 Å². The average Bonchev–Trinajstić information content (AvgIpc) is 2.96. The van der Waals surface area contributed by atoms with Crippen LogP contribution >= 0.6 is 0 Å². The molecule has 0 aromatic carbocycles. The molecule has 0 saturated carbocycles. The Kier molecular flexibility index (Phi) is 15.8. The van der Waals surface area contributed by atoms with Crippen molar-refractivity contribution in [3.05, 3.63) is 12.2 Å². The molecule has 306 valence electrons. The van der Waals surface area contributed by atoms with Crippen molar-refractivity contribution in [1.29, 1.82) is 0 Å². The van der Waals surface area contributed by atoms with E-state index in [1.165, 1.54) is 76.2 Å². The first kappa shape index (κ1) is 49.0. The summed E-state index contributed by atoms with van der Waals surface area (Å²) in [6, 6.07) is 0. The molecule has 0 aromatic rings. The van der Waals surface area contributed by atoms with E-state index in [0.29, 0.717) is 0 Å². The fraction of sp³-hybridized carbons (Fsp3) is 0.694. The summed E-state index contributed by atoms with van der Waals surface area (Å²) < 4.78 is 5.45. The number of hydrogen-bond donors (Lipinski definition) is 8. The number of carbonyl (C=O) groups is 9. The van der Waals surface area contributed by atoms with Crippen LogP contribution in [0.4, 0.5) is 0 Å². The Morgan fingerprint density at radius 1 is 0.500 bits per heavy atom. The van der Waals surface area contributed by atoms with Gasteiger partial charge in [0.1, 0.15) is 38.8 Å². The summed E-state index contributed by atoms with van der Waals surface area (Å²) in [6.45, 7) is 23.4. The molecule has 0 bridgehead atoms. The zero-order valence-corrected chi connectivity index (χ0v) is 34.6. The maximum absolute atomic E-state index is 13.4. The first-order valence-electron chi connectivity index (χ1n) is 17.3. The van der Waals surface area contributed by atoms with E-state index in [-0.39, 0.29) is 5.92 Å². The lowest BCUT2D eigenvalue weighted by atomic mass is 9.88. The minimum Gasteiger partial charge on any atom is -0.458 e. The standard InChI is InChI=1S/C36H62N8O10/c1-20(2)36(16,29(53)54-30(3,4)5)40-23(47)18-17-22(46)39-32(8,9)25(49)42-34(12,13)27(51)44-35(14,15)28(52)43-33(10,11)26(50)41-31(6,7)24(48)38-19-21(37)45/h17-18,20H,19H2,1-16H3,(H2,37,45)(H,38,48)(H,39,46)(H,40,47)(H,41,50)(H,42,49)(H,43,52)(H,44,51)/b18-17+/t36-/m0/s1. The normalized spacial score (nSPS) is 13.9. The second-order valence-corrected chi connectivity index (χ2v) is 17.3. The summed E-state index contributed by atoms with van der Waals surface area (Å²) in [5.41, 5.74) is -5.09. The average molecular weight is 767 g/mol. The molecule has 9 N–H and O–H groups in total. The second kappa shape index (κ2) is 17.4. The summed E-state index contributed by atoms with van der Waals surface area (Å²) in [5, 5.41) is 17.5. The molecular weight excluding hydrogens is 704 g/mol. The van der Waals surface area contributed by atoms with Crippen LogP contribution in [-0.2, 0) is 47.9 Å². The molecule has 0 rings (SSSR count). The van der Waals surface area contributed by atoms with Crippen LogP contribution in [0.2, 0.25) is 0 Å². The van der Waals surface area contributed by atoms with E-state index in [1.54, 1.807) is 34.6 Å². The van der Waals surface area contributed by atoms with Crippen LogP contribution in [0, 0.1) is 5.92 Å². The zero-order valence-electron chi connectivity index (χ0n) is 34.6. The molecule has 0 aliphatic rings. The van der Waals surface area contributed by atoms with Crippen LogP contribution in [-0.4, -0.2) is 98.6 Å². The van der Waals surface area contributed by atoms with E-state index in [2.05, 4.69) is 37.2 Å². The van der Waals surface area contributed by atoms with Crippen LogP contribution in [0.25, 0.3) is 0 Å². The molecule has 1 atom stereocenters. The second-order valence-electron chi connectivity index (χ2n) is 17.3. The molecule has 18 nitrogen and oxygen atoms in total. The molecule has 54 heavy (non-hydrogen) atoms. The Morgan fingerprint density at radius 2 is 0.796 bits per heavy atom. The van der Waals surface area contributed by atoms with E-state index >= 15 is 0 Å². The topological polar surface area (TPSA) is 273 Å². The third kappa shape index (κ3) is 14.8. The molecule has 0 radical (unpaired) electrons. The molecule has 18 heteroatoms. The molecule has 0 unspecified atom stereocenters. The Labute approximate surface area is 318 Å². The van der Waals surface area contributed by atoms with Crippen LogP contribution < -0.4 is 43.0 Å². The molecular formula is C36H62N8O10. The van der Waals surface area contributed by atoms with E-state index in [1.807, 2.05) is 0 Å². The maximum atomic E-state index is 13.4. The molecule has 8 amide bonds. The summed E-state index contributed by atoms with van der Waals surface area (Å²) in [6.07, 6.45) is 1.80. The number of carbonyl (C=O) groups excluding carboxylic acids is 9. The largest absolute Gasteiger partial charge is 0.458 e. The van der Waals surface area contributed by atoms with Crippen molar-refractivity contribution in [1.82, 2.24) is 37.2 Å². The number of esters is 1. The predicted molar refractivity (Wildman–Crippen MR) is 200 cm³/mol. The van der Waals surface area contributed by atoms with Gasteiger partial charge in [-0.1, -0.05) is 13.8 Å². The van der Waals surface area contributed by atoms with Gasteiger partial charge in [0.15, 0.2) is 0 Å². The summed E-state index contributed by atoms with van der Waals surface area (Å²) in [7, 11) is 0. The number of nitrogens with two attached hydrogens (primary N) is 1. The fourth-order valence-electron chi connectivity index (χ4n) is 4.05. The Morgan fingerprint density at radius 3 is 1.09 bits per heavy atom. The summed E-state index contributed by atoms with van der Waals surface area (Å²) >= 11 is 0. The van der Waals surface area contributed by atoms with Gasteiger partial charge < -0.3 is 47.7 Å². The van der Waals surface area contributed by atoms with Crippen molar-refractivity contribution in [3.63, 3.8) is 0 Å². The smallest absolute Gasteiger partial charge is 0.332 e. The number of amides is 8. The van der Waals surface area contributed by atoms with Gasteiger partial charge in [-0.15, -0.1) is 0 Å². The molecule has 0 heterocycles. The van der Waals surface area contributed by atoms with Gasteiger partial charge in [0.2, 0.25) is 47.3 Å². The first-order chi connectivity index (χ1) is 23.9. The van der Waals surface area contributed by atoms with Gasteiger partial charge in [0.25, 0.3) is 0 Å². The van der Waals surface area contributed by atoms with Gasteiger partial charge >= 0.3 is 5.97 Å². The molecule has 0 saturated heterocycles. The van der Waals surface area contributed by atoms with Gasteiger partial charge in [0, 0.05) is 12.2 Å². The number of hydrogen-bond acceptors (Lipinski definition) is 10. The van der Waals surface area contributed by atoms with Gasteiger partial charge in [0.05, 0.1) is 6.54 Å². The van der Waals surface area contributed by atoms with E-state index in [9.17, 15) is 43.2 Å². The van der Waals surface area contributed by atoms with E-state index in [4.69, 9.17) is 10.5 Å². The van der Waals surface area contributed by atoms with Gasteiger partial charge in [-0.25, -0.2) is 4.79 Å². The molecule has 0 aliphatic heterocycles. The van der Waals surface area contributed by atoms with Crippen molar-refractivity contribution in [3.8, 4) is 0 Å². The third-order valence-electron chi connectivity index (χ3n) is 8.15. The van der Waals surface area contributed by atoms with Crippen molar-refractivity contribution in [2.75, 3.05) is 6.54 Å². The lowest BCUT2D eigenvalue weighted by Crippen LogP contribution is -2.68. The van der Waals surface area contributed by atoms with Gasteiger partial charge in [-0.05, 0) is 103 Å². The van der Waals surface area contributed by atoms with Crippen LogP contribution in [0.15, 0.2) is 12.2 Å². The van der Waals surface area contributed by atoms with Crippen molar-refractivity contribution in [2.45, 2.75) is 150 Å². The maximum Gasteiger partial charge on any atom is 0.332 e. The number of primary amides is 1. The highest BCUT2D eigenvalue weighted by Gasteiger charge is 2.44. The Bertz CT molecular complexity index is 1540. The predicted octanol–water partition coefficient (Wildman–Crippen LogP) is -0.509. The SMILES string of the molecule is CC(C)[C@](C)(NC(=O)/C=C/C(=O)NC(C)(C)C(=O)NC(C)(C)C(=O)NC(C)(C)C(=O)NC(C)(C)C(=O)NC(C)(C)C(=O)NCC(N)=O)C(=O)OC(C)(C)C. The van der Waals surface area contributed by atoms with Crippen LogP contribution in [0.1, 0.15) is 111 Å². The third-order valence-corrected chi connectivity index (χ3v) is 8.15. The monoisotopic (exact) mass is 766 g/mol. The highest BCUT2D eigenvalue weighted by molar-refractivity contribution is 6.03. The van der Waals surface area contributed by atoms with Crippen molar-refractivity contribution in [2.24, 2.45) is 11.7 Å². The van der Waals surface area contributed by atoms with Crippen molar-refractivity contribution >= 4 is 53.2 Å². The Hall–Kier alpha value is -5.03. The Balaban J connectivity index is 5.57. The lowest BCUT2D eigenvalue weighted by Gasteiger charge is -2.36. The highest BCUT2D eigenvalue weighted by atomic mass is 16.6. The zero-order chi connectivity index (χ0) is 43.1. The number of ether oxygens (including phenoxy) is 1. The first-order valence-corrected chi connectivity index (χ1v) is 17.3. The minimum absolute atomic E-state index is 0.365. The van der Waals surface area contributed by atoms with E-state index in [0.717, 1.165) is 12.2 Å². The molecule has 0 aliphatic carbocycles. The summed E-state index contributed by atoms with van der Waals surface area (Å²) in [4.78, 5) is 115.